The maximum atomic E-state index is 11.5. The largest absolute Gasteiger partial charge is 0.480 e. The second-order valence-electron chi connectivity index (χ2n) is 4.33. The number of rotatable bonds is 6. The summed E-state index contributed by atoms with van der Waals surface area (Å²) < 4.78 is 0. The summed E-state index contributed by atoms with van der Waals surface area (Å²) >= 11 is 0. The first-order valence-electron chi connectivity index (χ1n) is 5.96. The average molecular weight is 236 g/mol. The lowest BCUT2D eigenvalue weighted by Crippen LogP contribution is -2.51. The molecule has 0 spiro atoms. The summed E-state index contributed by atoms with van der Waals surface area (Å²) in [7, 11) is 0. The molecule has 1 rings (SSSR count). The van der Waals surface area contributed by atoms with Crippen molar-refractivity contribution in [1.29, 1.82) is 0 Å². The Hall–Kier alpha value is -1.42. The molecule has 0 saturated carbocycles. The number of hydrogen-bond acceptors (Lipinski definition) is 3. The van der Waals surface area contributed by atoms with Crippen molar-refractivity contribution in [3.05, 3.63) is 30.1 Å². The second-order valence-corrected chi connectivity index (χ2v) is 4.33. The molecule has 94 valence electrons. The summed E-state index contributed by atoms with van der Waals surface area (Å²) in [6.07, 6.45) is 5.05. The molecule has 1 atom stereocenters. The van der Waals surface area contributed by atoms with E-state index < -0.39 is 11.5 Å². The Morgan fingerprint density at radius 2 is 2.18 bits per heavy atom. The number of nitrogens with one attached hydrogen (secondary N) is 1. The summed E-state index contributed by atoms with van der Waals surface area (Å²) in [4.78, 5) is 15.5. The van der Waals surface area contributed by atoms with Crippen LogP contribution in [0.3, 0.4) is 0 Å². The van der Waals surface area contributed by atoms with Gasteiger partial charge in [-0.1, -0.05) is 19.9 Å². The van der Waals surface area contributed by atoms with Crippen LogP contribution in [-0.4, -0.2) is 22.1 Å². The first-order valence-corrected chi connectivity index (χ1v) is 5.96. The van der Waals surface area contributed by atoms with E-state index in [2.05, 4.69) is 10.3 Å². The zero-order chi connectivity index (χ0) is 12.9. The molecule has 0 saturated heterocycles. The van der Waals surface area contributed by atoms with Crippen molar-refractivity contribution < 1.29 is 9.90 Å². The fourth-order valence-corrected chi connectivity index (χ4v) is 1.83. The number of nitrogens with zero attached hydrogens (tertiary/aromatic N) is 1. The van der Waals surface area contributed by atoms with Crippen molar-refractivity contribution in [2.24, 2.45) is 0 Å². The smallest absolute Gasteiger partial charge is 0.328 e. The van der Waals surface area contributed by atoms with Gasteiger partial charge in [0.1, 0.15) is 5.54 Å². The third kappa shape index (κ3) is 3.03. The van der Waals surface area contributed by atoms with E-state index in [1.807, 2.05) is 13.8 Å². The number of aliphatic carboxylic acids is 1. The average Bonchev–Trinajstić information content (AvgIpc) is 2.36. The number of carboxylic acid groups (broad SMARTS) is 1. The van der Waals surface area contributed by atoms with Gasteiger partial charge in [-0.25, -0.2) is 4.79 Å². The van der Waals surface area contributed by atoms with Crippen LogP contribution in [0, 0.1) is 0 Å². The Balaban J connectivity index is 3.02. The van der Waals surface area contributed by atoms with Crippen molar-refractivity contribution in [1.82, 2.24) is 10.3 Å². The topological polar surface area (TPSA) is 62.2 Å². The molecule has 1 heterocycles. The fourth-order valence-electron chi connectivity index (χ4n) is 1.83. The van der Waals surface area contributed by atoms with E-state index >= 15 is 0 Å². The normalized spacial score (nSPS) is 14.6. The van der Waals surface area contributed by atoms with Crippen LogP contribution in [-0.2, 0) is 10.3 Å². The Bertz CT molecular complexity index is 363. The van der Waals surface area contributed by atoms with Gasteiger partial charge >= 0.3 is 5.97 Å². The monoisotopic (exact) mass is 236 g/mol. The molecule has 0 radical (unpaired) electrons. The SMILES string of the molecule is CCC(CC)NC(C)(C(=O)O)c1cccnc1. The van der Waals surface area contributed by atoms with E-state index in [0.29, 0.717) is 5.56 Å². The maximum Gasteiger partial charge on any atom is 0.328 e. The van der Waals surface area contributed by atoms with Crippen LogP contribution in [0.5, 0.6) is 0 Å². The van der Waals surface area contributed by atoms with Crippen molar-refractivity contribution >= 4 is 5.97 Å². The molecule has 1 aromatic heterocycles. The van der Waals surface area contributed by atoms with Gasteiger partial charge in [0.05, 0.1) is 0 Å². The molecule has 4 nitrogen and oxygen atoms in total. The van der Waals surface area contributed by atoms with Crippen molar-refractivity contribution in [2.75, 3.05) is 0 Å². The predicted molar refractivity (Wildman–Crippen MR) is 66.7 cm³/mol. The minimum atomic E-state index is -1.08. The Morgan fingerprint density at radius 1 is 1.53 bits per heavy atom. The first-order chi connectivity index (χ1) is 8.04. The highest BCUT2D eigenvalue weighted by Gasteiger charge is 2.36. The van der Waals surface area contributed by atoms with Gasteiger partial charge in [0, 0.05) is 24.0 Å². The quantitative estimate of drug-likeness (QED) is 0.794. The molecular weight excluding hydrogens is 216 g/mol. The highest BCUT2D eigenvalue weighted by atomic mass is 16.4. The number of aromatic nitrogens is 1. The van der Waals surface area contributed by atoms with Gasteiger partial charge in [0.2, 0.25) is 0 Å². The summed E-state index contributed by atoms with van der Waals surface area (Å²) in [6, 6.07) is 3.73. The van der Waals surface area contributed by atoms with Gasteiger partial charge in [-0.2, -0.15) is 0 Å². The number of pyridine rings is 1. The molecule has 0 aromatic carbocycles. The molecule has 0 amide bonds. The summed E-state index contributed by atoms with van der Waals surface area (Å²) in [6.45, 7) is 5.78. The number of hydrogen-bond donors (Lipinski definition) is 2. The van der Waals surface area contributed by atoms with Gasteiger partial charge < -0.3 is 5.11 Å². The lowest BCUT2D eigenvalue weighted by atomic mass is 9.91. The number of carbonyl (C=O) groups is 1. The molecule has 1 aromatic rings. The van der Waals surface area contributed by atoms with Crippen LogP contribution >= 0.6 is 0 Å². The van der Waals surface area contributed by atoms with Gasteiger partial charge in [-0.15, -0.1) is 0 Å². The van der Waals surface area contributed by atoms with E-state index in [0.717, 1.165) is 12.8 Å². The van der Waals surface area contributed by atoms with Gasteiger partial charge in [-0.3, -0.25) is 10.3 Å². The number of carboxylic acids is 1. The Morgan fingerprint density at radius 3 is 2.59 bits per heavy atom. The molecule has 4 heteroatoms. The standard InChI is InChI=1S/C13H20N2O2/c1-4-11(5-2)15-13(3,12(16)17)10-7-6-8-14-9-10/h6-9,11,15H,4-5H2,1-3H3,(H,16,17). The van der Waals surface area contributed by atoms with Crippen LogP contribution in [0.15, 0.2) is 24.5 Å². The lowest BCUT2D eigenvalue weighted by molar-refractivity contribution is -0.145. The maximum absolute atomic E-state index is 11.5. The van der Waals surface area contributed by atoms with E-state index in [9.17, 15) is 9.90 Å². The Labute approximate surface area is 102 Å². The second kappa shape index (κ2) is 5.77. The molecule has 0 aliphatic carbocycles. The molecule has 0 aliphatic rings. The molecule has 1 unspecified atom stereocenters. The molecular formula is C13H20N2O2. The van der Waals surface area contributed by atoms with Crippen LogP contribution in [0.4, 0.5) is 0 Å². The van der Waals surface area contributed by atoms with Crippen molar-refractivity contribution in [2.45, 2.75) is 45.2 Å². The highest BCUT2D eigenvalue weighted by Crippen LogP contribution is 2.22. The molecule has 2 N–H and O–H groups in total. The minimum absolute atomic E-state index is 0.191. The lowest BCUT2D eigenvalue weighted by Gasteiger charge is -2.31. The first kappa shape index (κ1) is 13.6. The summed E-state index contributed by atoms with van der Waals surface area (Å²) in [5.41, 5.74) is -0.398. The highest BCUT2D eigenvalue weighted by molar-refractivity contribution is 5.80. The van der Waals surface area contributed by atoms with E-state index in [-0.39, 0.29) is 6.04 Å². The van der Waals surface area contributed by atoms with Gasteiger partial charge in [0.15, 0.2) is 0 Å². The third-order valence-corrected chi connectivity index (χ3v) is 3.15. The van der Waals surface area contributed by atoms with Crippen molar-refractivity contribution in [3.63, 3.8) is 0 Å². The van der Waals surface area contributed by atoms with Gasteiger partial charge in [-0.05, 0) is 25.8 Å². The van der Waals surface area contributed by atoms with Crippen LogP contribution in [0.25, 0.3) is 0 Å². The predicted octanol–water partition coefficient (Wildman–Crippen LogP) is 2.16. The zero-order valence-electron chi connectivity index (χ0n) is 10.6. The van der Waals surface area contributed by atoms with Crippen molar-refractivity contribution in [3.8, 4) is 0 Å². The zero-order valence-corrected chi connectivity index (χ0v) is 10.6. The van der Waals surface area contributed by atoms with Crippen LogP contribution in [0.2, 0.25) is 0 Å². The van der Waals surface area contributed by atoms with E-state index in [1.54, 1.807) is 31.5 Å². The van der Waals surface area contributed by atoms with Gasteiger partial charge in [0.25, 0.3) is 0 Å². The minimum Gasteiger partial charge on any atom is -0.480 e. The van der Waals surface area contributed by atoms with E-state index in [1.165, 1.54) is 0 Å². The third-order valence-electron chi connectivity index (χ3n) is 3.15. The summed E-state index contributed by atoms with van der Waals surface area (Å²) in [5, 5.41) is 12.6. The Kier molecular flexibility index (Phi) is 4.63. The van der Waals surface area contributed by atoms with E-state index in [4.69, 9.17) is 0 Å². The molecule has 0 bridgehead atoms. The fraction of sp³-hybridized carbons (Fsp3) is 0.538. The van der Waals surface area contributed by atoms with Crippen LogP contribution < -0.4 is 5.32 Å². The molecule has 0 aliphatic heterocycles. The molecule has 17 heavy (non-hydrogen) atoms. The van der Waals surface area contributed by atoms with Crippen LogP contribution in [0.1, 0.15) is 39.2 Å². The molecule has 0 fully saturated rings. The summed E-state index contributed by atoms with van der Waals surface area (Å²) in [5.74, 6) is -0.877.